The number of aliphatic hydroxyl groups excluding tert-OH is 1. The third-order valence-corrected chi connectivity index (χ3v) is 2.96. The van der Waals surface area contributed by atoms with Gasteiger partial charge in [-0.15, -0.1) is 0 Å². The highest BCUT2D eigenvalue weighted by Crippen LogP contribution is 2.15. The SMILES string of the molecule is CCCC(O)CC#CC1CCCC(=O)N1C. The Labute approximate surface area is 97.8 Å². The van der Waals surface area contributed by atoms with Gasteiger partial charge < -0.3 is 10.0 Å². The summed E-state index contributed by atoms with van der Waals surface area (Å²) in [4.78, 5) is 13.1. The van der Waals surface area contributed by atoms with Crippen LogP contribution in [0.5, 0.6) is 0 Å². The van der Waals surface area contributed by atoms with Crippen LogP contribution < -0.4 is 0 Å². The molecule has 1 heterocycles. The van der Waals surface area contributed by atoms with Crippen molar-refractivity contribution >= 4 is 5.91 Å². The fourth-order valence-corrected chi connectivity index (χ4v) is 1.89. The van der Waals surface area contributed by atoms with Gasteiger partial charge in [-0.05, 0) is 19.3 Å². The molecule has 0 aromatic heterocycles. The van der Waals surface area contributed by atoms with Gasteiger partial charge in [-0.25, -0.2) is 0 Å². The molecule has 1 N–H and O–H groups in total. The summed E-state index contributed by atoms with van der Waals surface area (Å²) < 4.78 is 0. The lowest BCUT2D eigenvalue weighted by atomic mass is 10.0. The van der Waals surface area contributed by atoms with Crippen LogP contribution in [0.2, 0.25) is 0 Å². The fraction of sp³-hybridized carbons (Fsp3) is 0.769. The summed E-state index contributed by atoms with van der Waals surface area (Å²) in [7, 11) is 1.81. The van der Waals surface area contributed by atoms with Gasteiger partial charge >= 0.3 is 0 Å². The number of hydrogen-bond donors (Lipinski definition) is 1. The Kier molecular flexibility index (Phi) is 5.34. The minimum Gasteiger partial charge on any atom is -0.392 e. The second-order valence-electron chi connectivity index (χ2n) is 4.38. The van der Waals surface area contributed by atoms with Gasteiger partial charge in [0.25, 0.3) is 0 Å². The highest BCUT2D eigenvalue weighted by atomic mass is 16.3. The molecule has 3 nitrogen and oxygen atoms in total. The second kappa shape index (κ2) is 6.55. The van der Waals surface area contributed by atoms with Crippen molar-refractivity contribution in [3.8, 4) is 11.8 Å². The van der Waals surface area contributed by atoms with Gasteiger partial charge in [-0.1, -0.05) is 25.2 Å². The van der Waals surface area contributed by atoms with Gasteiger partial charge in [-0.2, -0.15) is 0 Å². The van der Waals surface area contributed by atoms with Crippen LogP contribution in [-0.4, -0.2) is 35.1 Å². The van der Waals surface area contributed by atoms with Crippen molar-refractivity contribution in [3.63, 3.8) is 0 Å². The van der Waals surface area contributed by atoms with Crippen molar-refractivity contribution in [2.24, 2.45) is 0 Å². The van der Waals surface area contributed by atoms with E-state index in [9.17, 15) is 9.90 Å². The Morgan fingerprint density at radius 1 is 1.62 bits per heavy atom. The second-order valence-corrected chi connectivity index (χ2v) is 4.38. The summed E-state index contributed by atoms with van der Waals surface area (Å²) in [5.41, 5.74) is 0. The average Bonchev–Trinajstić information content (AvgIpc) is 2.25. The van der Waals surface area contributed by atoms with E-state index >= 15 is 0 Å². The van der Waals surface area contributed by atoms with Gasteiger partial charge in [0.15, 0.2) is 0 Å². The largest absolute Gasteiger partial charge is 0.392 e. The number of rotatable bonds is 3. The molecule has 1 fully saturated rings. The number of carbonyl (C=O) groups is 1. The molecule has 1 saturated heterocycles. The van der Waals surface area contributed by atoms with E-state index in [1.54, 1.807) is 4.90 Å². The Hall–Kier alpha value is -1.01. The predicted molar refractivity (Wildman–Crippen MR) is 63.7 cm³/mol. The van der Waals surface area contributed by atoms with Crippen molar-refractivity contribution in [3.05, 3.63) is 0 Å². The fourth-order valence-electron chi connectivity index (χ4n) is 1.89. The molecule has 0 aromatic rings. The van der Waals surface area contributed by atoms with Crippen LogP contribution in [0.25, 0.3) is 0 Å². The number of aliphatic hydroxyl groups is 1. The minimum absolute atomic E-state index is 0.0510. The van der Waals surface area contributed by atoms with E-state index in [2.05, 4.69) is 11.8 Å². The molecule has 0 spiro atoms. The molecule has 2 unspecified atom stereocenters. The standard InChI is InChI=1S/C13H21NO2/c1-3-6-12(15)9-4-7-11-8-5-10-13(16)14(11)2/h11-12,15H,3,5-6,8-10H2,1-2H3. The number of amides is 1. The van der Waals surface area contributed by atoms with E-state index in [1.807, 2.05) is 14.0 Å². The number of hydrogen-bond acceptors (Lipinski definition) is 2. The Morgan fingerprint density at radius 3 is 3.06 bits per heavy atom. The van der Waals surface area contributed by atoms with Crippen molar-refractivity contribution in [1.82, 2.24) is 4.90 Å². The Bertz CT molecular complexity index is 290. The van der Waals surface area contributed by atoms with E-state index in [4.69, 9.17) is 0 Å². The average molecular weight is 223 g/mol. The molecular formula is C13H21NO2. The van der Waals surface area contributed by atoms with Crippen LogP contribution >= 0.6 is 0 Å². The Balaban J connectivity index is 2.40. The zero-order valence-corrected chi connectivity index (χ0v) is 10.2. The monoisotopic (exact) mass is 223 g/mol. The molecule has 0 aromatic carbocycles. The van der Waals surface area contributed by atoms with Crippen LogP contribution in [-0.2, 0) is 4.79 Å². The number of nitrogens with zero attached hydrogens (tertiary/aromatic N) is 1. The first kappa shape index (κ1) is 13.1. The van der Waals surface area contributed by atoms with Crippen molar-refractivity contribution in [2.75, 3.05) is 7.05 Å². The van der Waals surface area contributed by atoms with Gasteiger partial charge in [0.2, 0.25) is 5.91 Å². The summed E-state index contributed by atoms with van der Waals surface area (Å²) in [5.74, 6) is 6.26. The number of piperidine rings is 1. The maximum absolute atomic E-state index is 11.4. The van der Waals surface area contributed by atoms with Crippen LogP contribution in [0.15, 0.2) is 0 Å². The minimum atomic E-state index is -0.318. The highest BCUT2D eigenvalue weighted by Gasteiger charge is 2.22. The van der Waals surface area contributed by atoms with Crippen molar-refractivity contribution < 1.29 is 9.90 Å². The first-order chi connectivity index (χ1) is 7.65. The van der Waals surface area contributed by atoms with Gasteiger partial charge in [-0.3, -0.25) is 4.79 Å². The van der Waals surface area contributed by atoms with E-state index in [-0.39, 0.29) is 18.1 Å². The predicted octanol–water partition coefficient (Wildman–Crippen LogP) is 1.55. The molecule has 0 bridgehead atoms. The molecule has 1 aliphatic rings. The smallest absolute Gasteiger partial charge is 0.223 e. The normalized spacial score (nSPS) is 22.6. The number of carbonyl (C=O) groups excluding carboxylic acids is 1. The van der Waals surface area contributed by atoms with E-state index in [0.29, 0.717) is 12.8 Å². The maximum atomic E-state index is 11.4. The molecule has 1 amide bonds. The van der Waals surface area contributed by atoms with Gasteiger partial charge in [0.1, 0.15) is 0 Å². The third kappa shape index (κ3) is 3.86. The molecule has 2 atom stereocenters. The molecule has 0 aliphatic carbocycles. The maximum Gasteiger partial charge on any atom is 0.223 e. The molecule has 1 aliphatic heterocycles. The quantitative estimate of drug-likeness (QED) is 0.737. The lowest BCUT2D eigenvalue weighted by Crippen LogP contribution is -2.39. The zero-order valence-electron chi connectivity index (χ0n) is 10.2. The van der Waals surface area contributed by atoms with Crippen molar-refractivity contribution in [1.29, 1.82) is 0 Å². The summed E-state index contributed by atoms with van der Waals surface area (Å²) >= 11 is 0. The first-order valence-electron chi connectivity index (χ1n) is 6.07. The molecule has 0 saturated carbocycles. The molecular weight excluding hydrogens is 202 g/mol. The lowest BCUT2D eigenvalue weighted by molar-refractivity contribution is -0.133. The molecule has 0 radical (unpaired) electrons. The van der Waals surface area contributed by atoms with E-state index in [0.717, 1.165) is 25.7 Å². The molecule has 3 heteroatoms. The van der Waals surface area contributed by atoms with Crippen molar-refractivity contribution in [2.45, 2.75) is 57.6 Å². The van der Waals surface area contributed by atoms with Crippen LogP contribution in [0, 0.1) is 11.8 Å². The van der Waals surface area contributed by atoms with Gasteiger partial charge in [0.05, 0.1) is 12.1 Å². The molecule has 90 valence electrons. The van der Waals surface area contributed by atoms with Gasteiger partial charge in [0, 0.05) is 19.9 Å². The third-order valence-electron chi connectivity index (χ3n) is 2.96. The lowest BCUT2D eigenvalue weighted by Gasteiger charge is -2.28. The summed E-state index contributed by atoms with van der Waals surface area (Å²) in [6.45, 7) is 2.05. The van der Waals surface area contributed by atoms with E-state index < -0.39 is 0 Å². The van der Waals surface area contributed by atoms with Crippen LogP contribution in [0.1, 0.15) is 45.4 Å². The highest BCUT2D eigenvalue weighted by molar-refractivity contribution is 5.77. The topological polar surface area (TPSA) is 40.5 Å². The first-order valence-corrected chi connectivity index (χ1v) is 6.07. The zero-order chi connectivity index (χ0) is 12.0. The summed E-state index contributed by atoms with van der Waals surface area (Å²) in [5, 5.41) is 9.51. The number of likely N-dealkylation sites (tertiary alicyclic amines) is 1. The Morgan fingerprint density at radius 2 is 2.38 bits per heavy atom. The molecule has 1 rings (SSSR count). The van der Waals surface area contributed by atoms with Crippen LogP contribution in [0.3, 0.4) is 0 Å². The van der Waals surface area contributed by atoms with Crippen LogP contribution in [0.4, 0.5) is 0 Å². The summed E-state index contributed by atoms with van der Waals surface area (Å²) in [6, 6.07) is 0.0510. The molecule has 16 heavy (non-hydrogen) atoms. The summed E-state index contributed by atoms with van der Waals surface area (Å²) in [6.07, 6.45) is 4.51. The van der Waals surface area contributed by atoms with E-state index in [1.165, 1.54) is 0 Å².